The second kappa shape index (κ2) is 7.25. The number of carbonyl (C=O) groups is 1. The van der Waals surface area contributed by atoms with Gasteiger partial charge in [-0.25, -0.2) is 4.79 Å². The van der Waals surface area contributed by atoms with Gasteiger partial charge in [-0.1, -0.05) is 18.2 Å². The van der Waals surface area contributed by atoms with Crippen LogP contribution in [0.15, 0.2) is 24.3 Å². The van der Waals surface area contributed by atoms with Gasteiger partial charge in [-0.3, -0.25) is 0 Å². The van der Waals surface area contributed by atoms with Crippen LogP contribution < -0.4 is 5.32 Å². The maximum absolute atomic E-state index is 12.0. The number of nitrogens with one attached hydrogen (secondary N) is 1. The Bertz CT molecular complexity index is 701. The molecule has 108 valence electrons. The van der Waals surface area contributed by atoms with Crippen molar-refractivity contribution in [2.45, 2.75) is 20.3 Å². The van der Waals surface area contributed by atoms with E-state index in [2.05, 4.69) is 27.4 Å². The highest BCUT2D eigenvalue weighted by Gasteiger charge is 2.18. The molecule has 0 aliphatic heterocycles. The molecular weight excluding hydrogens is 266 g/mol. The molecule has 0 saturated heterocycles. The van der Waals surface area contributed by atoms with E-state index in [4.69, 9.17) is 4.74 Å². The van der Waals surface area contributed by atoms with Gasteiger partial charge in [0.2, 0.25) is 0 Å². The Labute approximate surface area is 123 Å². The van der Waals surface area contributed by atoms with E-state index in [1.165, 1.54) is 0 Å². The summed E-state index contributed by atoms with van der Waals surface area (Å²) < 4.78 is 5.04. The van der Waals surface area contributed by atoms with E-state index >= 15 is 0 Å². The summed E-state index contributed by atoms with van der Waals surface area (Å²) in [6.07, 6.45) is 0.690. The Morgan fingerprint density at radius 1 is 1.33 bits per heavy atom. The number of aromatic nitrogens is 2. The van der Waals surface area contributed by atoms with Crippen LogP contribution in [-0.4, -0.2) is 29.3 Å². The fraction of sp³-hybridized carbons (Fsp3) is 0.312. The van der Waals surface area contributed by atoms with Crippen LogP contribution in [0.5, 0.6) is 0 Å². The molecule has 0 atom stereocenters. The Morgan fingerprint density at radius 3 is 2.90 bits per heavy atom. The Balaban J connectivity index is 2.40. The van der Waals surface area contributed by atoms with E-state index in [0.29, 0.717) is 25.3 Å². The van der Waals surface area contributed by atoms with Gasteiger partial charge >= 0.3 is 5.97 Å². The Hall–Kier alpha value is -2.61. The first-order chi connectivity index (χ1) is 10.3. The Kier molecular flexibility index (Phi) is 5.10. The number of hydrogen-bond donors (Lipinski definition) is 1. The molecule has 2 aromatic rings. The predicted molar refractivity (Wildman–Crippen MR) is 82.1 cm³/mol. The van der Waals surface area contributed by atoms with Crippen LogP contribution in [0.1, 0.15) is 30.8 Å². The molecule has 1 heterocycles. The number of fused-ring (bicyclic) bond motifs is 1. The molecule has 0 unspecified atom stereocenters. The zero-order valence-electron chi connectivity index (χ0n) is 12.1. The summed E-state index contributed by atoms with van der Waals surface area (Å²) in [6.45, 7) is 4.49. The number of anilines is 1. The third-order valence-electron chi connectivity index (χ3n) is 2.87. The van der Waals surface area contributed by atoms with Crippen LogP contribution in [-0.2, 0) is 4.74 Å². The summed E-state index contributed by atoms with van der Waals surface area (Å²) in [5.74, 6) is 5.34. The fourth-order valence-electron chi connectivity index (χ4n) is 1.95. The first-order valence-electron chi connectivity index (χ1n) is 6.84. The molecule has 5 heteroatoms. The van der Waals surface area contributed by atoms with Crippen LogP contribution in [0.2, 0.25) is 0 Å². The number of ether oxygens (including phenoxy) is 1. The predicted octanol–water partition coefficient (Wildman–Crippen LogP) is 2.63. The van der Waals surface area contributed by atoms with E-state index in [-0.39, 0.29) is 5.69 Å². The summed E-state index contributed by atoms with van der Waals surface area (Å²) in [4.78, 5) is 12.0. The zero-order valence-corrected chi connectivity index (χ0v) is 12.1. The minimum atomic E-state index is -0.472. The molecule has 0 bridgehead atoms. The molecular formula is C16H17N3O2. The quantitative estimate of drug-likeness (QED) is 0.519. The van der Waals surface area contributed by atoms with Crippen molar-refractivity contribution in [3.63, 3.8) is 0 Å². The van der Waals surface area contributed by atoms with E-state index in [9.17, 15) is 4.79 Å². The van der Waals surface area contributed by atoms with E-state index in [1.807, 2.05) is 24.3 Å². The van der Waals surface area contributed by atoms with Crippen molar-refractivity contribution in [3.05, 3.63) is 30.0 Å². The molecule has 0 amide bonds. The second-order valence-electron chi connectivity index (χ2n) is 4.26. The lowest BCUT2D eigenvalue weighted by Gasteiger charge is -2.11. The summed E-state index contributed by atoms with van der Waals surface area (Å²) in [5.41, 5.74) is 1.59. The van der Waals surface area contributed by atoms with Gasteiger partial charge in [0.05, 0.1) is 17.8 Å². The molecule has 0 saturated carbocycles. The molecule has 2 rings (SSSR count). The van der Waals surface area contributed by atoms with Gasteiger partial charge in [-0.05, 0) is 19.9 Å². The van der Waals surface area contributed by atoms with Crippen LogP contribution in [0.3, 0.4) is 0 Å². The number of hydrogen-bond acceptors (Lipinski definition) is 5. The number of carbonyl (C=O) groups excluding carboxylic acids is 1. The summed E-state index contributed by atoms with van der Waals surface area (Å²) in [7, 11) is 0. The highest BCUT2D eigenvalue weighted by Crippen LogP contribution is 2.24. The van der Waals surface area contributed by atoms with Crippen molar-refractivity contribution >= 4 is 22.6 Å². The molecule has 0 fully saturated rings. The molecule has 21 heavy (non-hydrogen) atoms. The molecule has 0 aliphatic rings. The molecule has 0 radical (unpaired) electrons. The lowest BCUT2D eigenvalue weighted by atomic mass is 10.1. The third-order valence-corrected chi connectivity index (χ3v) is 2.87. The standard InChI is InChI=1S/C16H17N3O2/c1-3-5-8-11-17-14-12-9-6-7-10-13(12)18-19-15(14)16(20)21-4-2/h6-7,9-10H,4,8,11H2,1-2H3,(H,17,18). The van der Waals surface area contributed by atoms with Crippen molar-refractivity contribution < 1.29 is 9.53 Å². The van der Waals surface area contributed by atoms with Crippen LogP contribution in [0.25, 0.3) is 10.9 Å². The molecule has 0 aliphatic carbocycles. The van der Waals surface area contributed by atoms with Crippen LogP contribution in [0.4, 0.5) is 5.69 Å². The molecule has 1 N–H and O–H groups in total. The zero-order chi connectivity index (χ0) is 15.1. The highest BCUT2D eigenvalue weighted by atomic mass is 16.5. The number of esters is 1. The van der Waals surface area contributed by atoms with Crippen molar-refractivity contribution in [2.24, 2.45) is 0 Å². The average Bonchev–Trinajstić information content (AvgIpc) is 2.51. The lowest BCUT2D eigenvalue weighted by molar-refractivity contribution is 0.0519. The van der Waals surface area contributed by atoms with Gasteiger partial charge in [0.15, 0.2) is 5.69 Å². The van der Waals surface area contributed by atoms with Gasteiger partial charge < -0.3 is 10.1 Å². The summed E-state index contributed by atoms with van der Waals surface area (Å²) in [5, 5.41) is 12.1. The van der Waals surface area contributed by atoms with E-state index in [0.717, 1.165) is 10.9 Å². The van der Waals surface area contributed by atoms with Gasteiger partial charge in [-0.15, -0.1) is 22.0 Å². The van der Waals surface area contributed by atoms with Gasteiger partial charge in [-0.2, -0.15) is 0 Å². The number of rotatable bonds is 5. The first-order valence-corrected chi connectivity index (χ1v) is 6.84. The maximum Gasteiger partial charge on any atom is 0.361 e. The monoisotopic (exact) mass is 283 g/mol. The van der Waals surface area contributed by atoms with E-state index < -0.39 is 5.97 Å². The van der Waals surface area contributed by atoms with Crippen molar-refractivity contribution in [1.29, 1.82) is 0 Å². The lowest BCUT2D eigenvalue weighted by Crippen LogP contribution is -2.14. The van der Waals surface area contributed by atoms with Crippen LogP contribution in [0, 0.1) is 11.8 Å². The van der Waals surface area contributed by atoms with Crippen molar-refractivity contribution in [1.82, 2.24) is 10.2 Å². The first kappa shape index (κ1) is 14.8. The third kappa shape index (κ3) is 3.48. The molecule has 1 aromatic heterocycles. The Morgan fingerprint density at radius 2 is 2.14 bits per heavy atom. The van der Waals surface area contributed by atoms with Gasteiger partial charge in [0.25, 0.3) is 0 Å². The molecule has 1 aromatic carbocycles. The SMILES string of the molecule is CC#CCCNc1c(C(=O)OCC)nnc2ccccc12. The highest BCUT2D eigenvalue weighted by molar-refractivity contribution is 6.03. The van der Waals surface area contributed by atoms with Gasteiger partial charge in [0.1, 0.15) is 0 Å². The van der Waals surface area contributed by atoms with Crippen molar-refractivity contribution in [3.8, 4) is 11.8 Å². The minimum absolute atomic E-state index is 0.208. The number of benzene rings is 1. The summed E-state index contributed by atoms with van der Waals surface area (Å²) in [6, 6.07) is 7.54. The molecule has 5 nitrogen and oxygen atoms in total. The second-order valence-corrected chi connectivity index (χ2v) is 4.26. The summed E-state index contributed by atoms with van der Waals surface area (Å²) >= 11 is 0. The van der Waals surface area contributed by atoms with Gasteiger partial charge in [0, 0.05) is 18.4 Å². The van der Waals surface area contributed by atoms with E-state index in [1.54, 1.807) is 13.8 Å². The normalized spacial score (nSPS) is 9.81. The fourth-order valence-corrected chi connectivity index (χ4v) is 1.95. The smallest absolute Gasteiger partial charge is 0.361 e. The van der Waals surface area contributed by atoms with Crippen LogP contribution >= 0.6 is 0 Å². The topological polar surface area (TPSA) is 64.1 Å². The maximum atomic E-state index is 12.0. The average molecular weight is 283 g/mol. The largest absolute Gasteiger partial charge is 0.461 e. The van der Waals surface area contributed by atoms with Crippen molar-refractivity contribution in [2.75, 3.05) is 18.5 Å². The number of nitrogens with zero attached hydrogens (tertiary/aromatic N) is 2. The molecule has 0 spiro atoms. The minimum Gasteiger partial charge on any atom is -0.461 e.